The van der Waals surface area contributed by atoms with Crippen LogP contribution in [0, 0.1) is 11.8 Å². The molecular weight excluding hydrogens is 644 g/mol. The molecule has 6 unspecified atom stereocenters. The summed E-state index contributed by atoms with van der Waals surface area (Å²) in [5, 5.41) is 20.8. The van der Waals surface area contributed by atoms with Crippen LogP contribution >= 0.6 is 0 Å². The van der Waals surface area contributed by atoms with Crippen molar-refractivity contribution < 1.29 is 27.9 Å². The first-order chi connectivity index (χ1) is 22.9. The number of nitrogens with zero attached hydrogens (tertiary/aromatic N) is 3. The van der Waals surface area contributed by atoms with Crippen molar-refractivity contribution in [1.29, 1.82) is 0 Å². The van der Waals surface area contributed by atoms with Gasteiger partial charge in [0.25, 0.3) is 0 Å². The summed E-state index contributed by atoms with van der Waals surface area (Å²) < 4.78 is 24.4. The number of aliphatic hydroxyl groups is 1. The highest BCUT2D eigenvalue weighted by molar-refractivity contribution is 7.92. The number of amides is 4. The number of likely N-dealkylation sites (tertiary alicyclic amines) is 1. The van der Waals surface area contributed by atoms with E-state index in [1.165, 1.54) is 20.3 Å². The molecule has 4 amide bonds. The Morgan fingerprint density at radius 1 is 0.939 bits per heavy atom. The van der Waals surface area contributed by atoms with Crippen LogP contribution in [0.3, 0.4) is 0 Å². The molecule has 6 atom stereocenters. The highest BCUT2D eigenvalue weighted by Gasteiger charge is 2.46. The number of aliphatic hydroxyl groups excluding tert-OH is 1. The van der Waals surface area contributed by atoms with Crippen molar-refractivity contribution in [3.05, 3.63) is 35.9 Å². The Kier molecular flexibility index (Phi) is 12.8. The van der Waals surface area contributed by atoms with E-state index < -0.39 is 56.3 Å². The standard InChI is InChI=1S/C36H60N6O6S/c1-35(2,3)39-32(44)29-22-26-15-11-12-16-27(26)23-42(29)24-30(43)28(21-25-13-9-8-10-14-25)37-33(45)31(36(4,5)49(7,47)48)38-34(46)41-19-17-40(6)18-20-41/h8-10,13-14,26-31,43H,11-12,15-24H2,1-7H3,(H,37,45)(H,38,46)(H,39,44). The van der Waals surface area contributed by atoms with Crippen molar-refractivity contribution in [2.45, 2.75) is 108 Å². The number of carbonyl (C=O) groups is 3. The van der Waals surface area contributed by atoms with Gasteiger partial charge in [0.1, 0.15) is 6.04 Å². The summed E-state index contributed by atoms with van der Waals surface area (Å²) >= 11 is 0. The molecule has 13 heteroatoms. The van der Waals surface area contributed by atoms with Crippen LogP contribution in [-0.2, 0) is 25.8 Å². The number of fused-ring (bicyclic) bond motifs is 1. The molecule has 4 rings (SSSR count). The Balaban J connectivity index is 1.60. The SMILES string of the molecule is CN1CCN(C(=O)NC(C(=O)NC(Cc2ccccc2)C(O)CN2CC3CCCCC3CC2C(=O)NC(C)(C)C)C(C)(C)S(C)(=O)=O)CC1. The summed E-state index contributed by atoms with van der Waals surface area (Å²) in [7, 11) is -1.86. The Morgan fingerprint density at radius 3 is 2.14 bits per heavy atom. The average Bonchev–Trinajstić information content (AvgIpc) is 3.02. The van der Waals surface area contributed by atoms with Crippen LogP contribution in [-0.4, -0.2) is 133 Å². The number of hydrogen-bond donors (Lipinski definition) is 4. The second kappa shape index (κ2) is 16.1. The summed E-state index contributed by atoms with van der Waals surface area (Å²) in [6.07, 6.45) is 5.46. The van der Waals surface area contributed by atoms with Crippen molar-refractivity contribution in [2.75, 3.05) is 52.6 Å². The highest BCUT2D eigenvalue weighted by Crippen LogP contribution is 2.39. The van der Waals surface area contributed by atoms with E-state index in [0.29, 0.717) is 44.6 Å². The number of nitrogens with one attached hydrogen (secondary N) is 3. The maximum Gasteiger partial charge on any atom is 0.318 e. The normalized spacial score (nSPS) is 24.7. The van der Waals surface area contributed by atoms with Gasteiger partial charge in [-0.3, -0.25) is 14.5 Å². The zero-order valence-electron chi connectivity index (χ0n) is 30.6. The minimum atomic E-state index is -3.83. The van der Waals surface area contributed by atoms with Gasteiger partial charge in [0.2, 0.25) is 11.8 Å². The zero-order chi connectivity index (χ0) is 36.1. The third kappa shape index (κ3) is 10.4. The first-order valence-corrected chi connectivity index (χ1v) is 19.8. The first-order valence-electron chi connectivity index (χ1n) is 17.9. The van der Waals surface area contributed by atoms with Gasteiger partial charge in [-0.05, 0) is 78.3 Å². The molecule has 4 N–H and O–H groups in total. The van der Waals surface area contributed by atoms with Crippen LogP contribution in [0.2, 0.25) is 0 Å². The van der Waals surface area contributed by atoms with E-state index in [1.807, 2.05) is 58.2 Å². The molecule has 1 saturated carbocycles. The third-order valence-electron chi connectivity index (χ3n) is 10.8. The Hall–Kier alpha value is -2.74. The van der Waals surface area contributed by atoms with Crippen LogP contribution in [0.25, 0.3) is 0 Å². The monoisotopic (exact) mass is 704 g/mol. The fraction of sp³-hybridized carbons (Fsp3) is 0.750. The third-order valence-corrected chi connectivity index (χ3v) is 12.9. The molecule has 49 heavy (non-hydrogen) atoms. The van der Waals surface area contributed by atoms with Crippen LogP contribution in [0.5, 0.6) is 0 Å². The number of carbonyl (C=O) groups excluding carboxylic acids is 3. The molecule has 12 nitrogen and oxygen atoms in total. The molecule has 2 heterocycles. The van der Waals surface area contributed by atoms with Crippen molar-refractivity contribution >= 4 is 27.7 Å². The van der Waals surface area contributed by atoms with Gasteiger partial charge in [-0.15, -0.1) is 0 Å². The maximum atomic E-state index is 14.2. The smallest absolute Gasteiger partial charge is 0.318 e. The Bertz CT molecular complexity index is 1390. The molecule has 2 saturated heterocycles. The molecule has 0 bridgehead atoms. The number of urea groups is 1. The number of piperazine rings is 1. The number of benzene rings is 1. The van der Waals surface area contributed by atoms with E-state index in [0.717, 1.165) is 37.5 Å². The summed E-state index contributed by atoms with van der Waals surface area (Å²) in [5.41, 5.74) is 0.463. The molecule has 1 aromatic rings. The minimum Gasteiger partial charge on any atom is -0.390 e. The second-order valence-corrected chi connectivity index (χ2v) is 18.8. The predicted molar refractivity (Wildman–Crippen MR) is 192 cm³/mol. The van der Waals surface area contributed by atoms with Crippen LogP contribution in [0.1, 0.15) is 72.3 Å². The first kappa shape index (κ1) is 39.1. The van der Waals surface area contributed by atoms with Crippen LogP contribution < -0.4 is 16.0 Å². The molecular formula is C36H60N6O6S. The molecule has 276 valence electrons. The van der Waals surface area contributed by atoms with Gasteiger partial charge in [-0.25, -0.2) is 13.2 Å². The molecule has 0 spiro atoms. The van der Waals surface area contributed by atoms with Crippen molar-refractivity contribution in [1.82, 2.24) is 30.7 Å². The van der Waals surface area contributed by atoms with Crippen molar-refractivity contribution in [3.8, 4) is 0 Å². The number of sulfone groups is 1. The topological polar surface area (TPSA) is 151 Å². The molecule has 0 aromatic heterocycles. The van der Waals surface area contributed by atoms with Gasteiger partial charge >= 0.3 is 6.03 Å². The number of β-amino-alcohol motifs (C(OH)–C–C–N with tert-alkyl or cyclic N) is 1. The number of likely N-dealkylation sites (N-methyl/N-ethyl adjacent to an activating group) is 1. The van der Waals surface area contributed by atoms with E-state index in [9.17, 15) is 27.9 Å². The predicted octanol–water partition coefficient (Wildman–Crippen LogP) is 2.02. The summed E-state index contributed by atoms with van der Waals surface area (Å²) in [5.74, 6) is 0.145. The molecule has 1 aromatic carbocycles. The quantitative estimate of drug-likeness (QED) is 0.273. The number of rotatable bonds is 11. The Labute approximate surface area is 293 Å². The molecule has 2 aliphatic heterocycles. The van der Waals surface area contributed by atoms with Gasteiger partial charge in [0, 0.05) is 51.1 Å². The fourth-order valence-corrected chi connectivity index (χ4v) is 8.00. The second-order valence-electron chi connectivity index (χ2n) is 16.2. The van der Waals surface area contributed by atoms with Gasteiger partial charge in [-0.1, -0.05) is 49.6 Å². The zero-order valence-corrected chi connectivity index (χ0v) is 31.4. The average molecular weight is 705 g/mol. The number of hydrogen-bond acceptors (Lipinski definition) is 8. The van der Waals surface area contributed by atoms with Gasteiger partial charge < -0.3 is 30.9 Å². The fourth-order valence-electron chi connectivity index (χ4n) is 7.41. The molecule has 3 aliphatic rings. The lowest BCUT2D eigenvalue weighted by molar-refractivity contribution is -0.133. The van der Waals surface area contributed by atoms with Crippen molar-refractivity contribution in [2.24, 2.45) is 11.8 Å². The highest BCUT2D eigenvalue weighted by atomic mass is 32.2. The molecule has 3 fully saturated rings. The van der Waals surface area contributed by atoms with Gasteiger partial charge in [0.05, 0.1) is 22.9 Å². The van der Waals surface area contributed by atoms with Gasteiger partial charge in [0.15, 0.2) is 9.84 Å². The van der Waals surface area contributed by atoms with E-state index >= 15 is 0 Å². The summed E-state index contributed by atoms with van der Waals surface area (Å²) in [6, 6.07) is 6.29. The van der Waals surface area contributed by atoms with E-state index in [4.69, 9.17) is 0 Å². The lowest BCUT2D eigenvalue weighted by atomic mass is 9.72. The van der Waals surface area contributed by atoms with E-state index in [-0.39, 0.29) is 18.9 Å². The summed E-state index contributed by atoms with van der Waals surface area (Å²) in [6.45, 7) is 11.8. The van der Waals surface area contributed by atoms with E-state index in [2.05, 4.69) is 25.8 Å². The largest absolute Gasteiger partial charge is 0.390 e. The van der Waals surface area contributed by atoms with Gasteiger partial charge in [-0.2, -0.15) is 0 Å². The van der Waals surface area contributed by atoms with E-state index in [1.54, 1.807) is 4.90 Å². The van der Waals surface area contributed by atoms with Crippen molar-refractivity contribution in [3.63, 3.8) is 0 Å². The minimum absolute atomic E-state index is 0.0612. The molecule has 1 aliphatic carbocycles. The lowest BCUT2D eigenvalue weighted by Crippen LogP contribution is -2.65. The molecule has 0 radical (unpaired) electrons. The van der Waals surface area contributed by atoms with Crippen LogP contribution in [0.4, 0.5) is 4.79 Å². The van der Waals surface area contributed by atoms with Crippen LogP contribution in [0.15, 0.2) is 30.3 Å². The summed E-state index contributed by atoms with van der Waals surface area (Å²) in [4.78, 5) is 47.0. The maximum absolute atomic E-state index is 14.2. The number of piperidine rings is 1. The lowest BCUT2D eigenvalue weighted by Gasteiger charge is -2.47. The Morgan fingerprint density at radius 2 is 1.55 bits per heavy atom.